The van der Waals surface area contributed by atoms with E-state index in [-0.39, 0.29) is 11.5 Å². The number of hydrogen-bond donors (Lipinski definition) is 0. The number of carbonyl (C=O) groups excluding carboxylic acids is 1. The highest BCUT2D eigenvalue weighted by molar-refractivity contribution is 7.94. The monoisotopic (exact) mass is 302 g/mol. The summed E-state index contributed by atoms with van der Waals surface area (Å²) in [5.74, 6) is -0.489. The molecular weight excluding hydrogens is 288 g/mol. The van der Waals surface area contributed by atoms with Crippen molar-refractivity contribution >= 4 is 15.8 Å². The molecule has 21 heavy (non-hydrogen) atoms. The molecule has 2 aromatic carbocycles. The van der Waals surface area contributed by atoms with Gasteiger partial charge in [-0.1, -0.05) is 36.4 Å². The van der Waals surface area contributed by atoms with Gasteiger partial charge in [0.05, 0.1) is 10.5 Å². The molecule has 0 amide bonds. The van der Waals surface area contributed by atoms with Crippen molar-refractivity contribution in [1.29, 1.82) is 0 Å². The molecule has 2 aromatic rings. The van der Waals surface area contributed by atoms with Crippen LogP contribution in [0.25, 0.3) is 0 Å². The van der Waals surface area contributed by atoms with Gasteiger partial charge in [0.25, 0.3) is 0 Å². The zero-order valence-electron chi connectivity index (χ0n) is 11.2. The Balaban J connectivity index is 1.93. The van der Waals surface area contributed by atoms with Crippen LogP contribution in [0.15, 0.2) is 77.0 Å². The fraction of sp³-hybridized carbons (Fsp3) is 0.0625. The van der Waals surface area contributed by atoms with Gasteiger partial charge in [-0.15, -0.1) is 0 Å². The molecule has 108 valence electrons. The van der Waals surface area contributed by atoms with E-state index >= 15 is 0 Å². The van der Waals surface area contributed by atoms with Gasteiger partial charge in [-0.3, -0.25) is 0 Å². The fourth-order valence-corrected chi connectivity index (χ4v) is 2.66. The van der Waals surface area contributed by atoms with Crippen molar-refractivity contribution in [3.63, 3.8) is 0 Å². The number of hydrogen-bond acceptors (Lipinski definition) is 4. The molecule has 2 rings (SSSR count). The molecule has 0 bridgehead atoms. The van der Waals surface area contributed by atoms with Crippen LogP contribution in [0.4, 0.5) is 0 Å². The van der Waals surface area contributed by atoms with Crippen molar-refractivity contribution in [2.75, 3.05) is 6.61 Å². The third-order valence-electron chi connectivity index (χ3n) is 2.67. The summed E-state index contributed by atoms with van der Waals surface area (Å²) in [4.78, 5) is 11.8. The molecule has 0 aromatic heterocycles. The van der Waals surface area contributed by atoms with Gasteiger partial charge in [0.15, 0.2) is 9.84 Å². The molecule has 4 nitrogen and oxygen atoms in total. The minimum Gasteiger partial charge on any atom is -0.458 e. The minimum atomic E-state index is -3.49. The van der Waals surface area contributed by atoms with Gasteiger partial charge in [-0.25, -0.2) is 13.2 Å². The normalized spacial score (nSPS) is 11.4. The van der Waals surface area contributed by atoms with E-state index in [0.717, 1.165) is 5.41 Å². The second-order valence-electron chi connectivity index (χ2n) is 4.19. The Morgan fingerprint density at radius 3 is 2.14 bits per heavy atom. The molecule has 0 fully saturated rings. The van der Waals surface area contributed by atoms with E-state index in [2.05, 4.69) is 0 Å². The van der Waals surface area contributed by atoms with Gasteiger partial charge in [0, 0.05) is 5.41 Å². The molecule has 0 saturated carbocycles. The lowest BCUT2D eigenvalue weighted by molar-refractivity contribution is 0.0549. The third kappa shape index (κ3) is 4.29. The van der Waals surface area contributed by atoms with Crippen LogP contribution in [0.3, 0.4) is 0 Å². The maximum atomic E-state index is 11.9. The van der Waals surface area contributed by atoms with Crippen molar-refractivity contribution < 1.29 is 17.9 Å². The highest BCUT2D eigenvalue weighted by atomic mass is 32.2. The topological polar surface area (TPSA) is 60.4 Å². The molecule has 0 heterocycles. The van der Waals surface area contributed by atoms with Crippen molar-refractivity contribution in [3.05, 3.63) is 77.7 Å². The number of esters is 1. The van der Waals surface area contributed by atoms with Crippen LogP contribution in [0.2, 0.25) is 0 Å². The van der Waals surface area contributed by atoms with Gasteiger partial charge >= 0.3 is 5.97 Å². The Morgan fingerprint density at radius 2 is 1.52 bits per heavy atom. The molecule has 0 radical (unpaired) electrons. The van der Waals surface area contributed by atoms with E-state index in [1.165, 1.54) is 18.2 Å². The Morgan fingerprint density at radius 1 is 0.952 bits per heavy atom. The fourth-order valence-electron chi connectivity index (χ4n) is 1.64. The quantitative estimate of drug-likeness (QED) is 0.797. The highest BCUT2D eigenvalue weighted by Crippen LogP contribution is 2.11. The first-order valence-electron chi connectivity index (χ1n) is 6.28. The summed E-state index contributed by atoms with van der Waals surface area (Å²) in [7, 11) is -3.49. The van der Waals surface area contributed by atoms with Crippen LogP contribution < -0.4 is 0 Å². The number of sulfone groups is 1. The molecule has 5 heteroatoms. The summed E-state index contributed by atoms with van der Waals surface area (Å²) in [6.07, 6.45) is 1.31. The largest absolute Gasteiger partial charge is 0.458 e. The lowest BCUT2D eigenvalue weighted by Crippen LogP contribution is -2.05. The predicted octanol–water partition coefficient (Wildman–Crippen LogP) is 2.83. The van der Waals surface area contributed by atoms with Crippen molar-refractivity contribution in [2.45, 2.75) is 4.90 Å². The second kappa shape index (κ2) is 6.85. The number of carbonyl (C=O) groups is 1. The maximum absolute atomic E-state index is 11.9. The number of ether oxygens (including phenoxy) is 1. The first-order chi connectivity index (χ1) is 10.1. The Hall–Kier alpha value is -2.40. The van der Waals surface area contributed by atoms with E-state index in [9.17, 15) is 13.2 Å². The van der Waals surface area contributed by atoms with Crippen molar-refractivity contribution in [1.82, 2.24) is 0 Å². The summed E-state index contributed by atoms with van der Waals surface area (Å²) in [5, 5.41) is 1.04. The lowest BCUT2D eigenvalue weighted by atomic mass is 10.2. The Labute approximate surface area is 123 Å². The van der Waals surface area contributed by atoms with Gasteiger partial charge in [0.2, 0.25) is 0 Å². The third-order valence-corrected chi connectivity index (χ3v) is 4.15. The first kappa shape index (κ1) is 15.0. The summed E-state index contributed by atoms with van der Waals surface area (Å²) >= 11 is 0. The van der Waals surface area contributed by atoms with Crippen molar-refractivity contribution in [3.8, 4) is 0 Å². The van der Waals surface area contributed by atoms with Crippen LogP contribution >= 0.6 is 0 Å². The van der Waals surface area contributed by atoms with Crippen LogP contribution in [0.1, 0.15) is 10.4 Å². The molecule has 0 unspecified atom stereocenters. The summed E-state index contributed by atoms with van der Waals surface area (Å²) in [6.45, 7) is -0.0974. The SMILES string of the molecule is O=C(OC/C=C/S(=O)(=O)c1ccccc1)c1ccccc1. The smallest absolute Gasteiger partial charge is 0.338 e. The van der Waals surface area contributed by atoms with Gasteiger partial charge < -0.3 is 4.74 Å². The number of benzene rings is 2. The predicted molar refractivity (Wildman–Crippen MR) is 79.5 cm³/mol. The van der Waals surface area contributed by atoms with Crippen LogP contribution in [0, 0.1) is 0 Å². The van der Waals surface area contributed by atoms with Gasteiger partial charge in [0.1, 0.15) is 6.61 Å². The van der Waals surface area contributed by atoms with E-state index in [0.29, 0.717) is 5.56 Å². The average molecular weight is 302 g/mol. The standard InChI is InChI=1S/C16H14O4S/c17-16(14-8-3-1-4-9-14)20-12-7-13-21(18,19)15-10-5-2-6-11-15/h1-11,13H,12H2/b13-7+. The Kier molecular flexibility index (Phi) is 4.90. The molecule has 0 aliphatic heterocycles. The second-order valence-corrected chi connectivity index (χ2v) is 6.03. The van der Waals surface area contributed by atoms with E-state index in [1.807, 2.05) is 0 Å². The summed E-state index contributed by atoms with van der Waals surface area (Å²) < 4.78 is 28.8. The molecule has 0 aliphatic carbocycles. The molecular formula is C16H14O4S. The van der Waals surface area contributed by atoms with E-state index in [4.69, 9.17) is 4.74 Å². The van der Waals surface area contributed by atoms with Crippen LogP contribution in [-0.4, -0.2) is 21.0 Å². The van der Waals surface area contributed by atoms with Crippen molar-refractivity contribution in [2.24, 2.45) is 0 Å². The molecule has 0 atom stereocenters. The first-order valence-corrected chi connectivity index (χ1v) is 7.83. The average Bonchev–Trinajstić information content (AvgIpc) is 2.53. The molecule has 0 saturated heterocycles. The summed E-state index contributed by atoms with van der Waals surface area (Å²) in [5.41, 5.74) is 0.428. The maximum Gasteiger partial charge on any atom is 0.338 e. The summed E-state index contributed by atoms with van der Waals surface area (Å²) in [6, 6.07) is 16.6. The molecule has 0 N–H and O–H groups in total. The molecule has 0 spiro atoms. The minimum absolute atomic E-state index is 0.0974. The van der Waals surface area contributed by atoms with Crippen LogP contribution in [0.5, 0.6) is 0 Å². The Bertz CT molecular complexity index is 719. The van der Waals surface area contributed by atoms with Gasteiger partial charge in [-0.05, 0) is 30.3 Å². The van der Waals surface area contributed by atoms with Crippen LogP contribution in [-0.2, 0) is 14.6 Å². The van der Waals surface area contributed by atoms with E-state index < -0.39 is 15.8 Å². The van der Waals surface area contributed by atoms with E-state index in [1.54, 1.807) is 48.5 Å². The highest BCUT2D eigenvalue weighted by Gasteiger charge is 2.09. The zero-order chi connectivity index (χ0) is 15.1. The van der Waals surface area contributed by atoms with Gasteiger partial charge in [-0.2, -0.15) is 0 Å². The lowest BCUT2D eigenvalue weighted by Gasteiger charge is -2.01. The number of rotatable bonds is 5. The zero-order valence-corrected chi connectivity index (χ0v) is 12.0. The molecule has 0 aliphatic rings.